The Morgan fingerprint density at radius 1 is 1.17 bits per heavy atom. The van der Waals surface area contributed by atoms with E-state index < -0.39 is 10.0 Å². The number of hydroxylamine groups is 1. The van der Waals surface area contributed by atoms with Gasteiger partial charge in [0.05, 0.1) is 16.3 Å². The molecule has 0 amide bonds. The molecule has 0 atom stereocenters. The molecule has 23 heavy (non-hydrogen) atoms. The van der Waals surface area contributed by atoms with Crippen LogP contribution in [0.3, 0.4) is 0 Å². The summed E-state index contributed by atoms with van der Waals surface area (Å²) in [5.41, 5.74) is 1.92. The average Bonchev–Trinajstić information content (AvgIpc) is 2.51. The first-order valence-electron chi connectivity index (χ1n) is 6.92. The molecule has 2 aromatic carbocycles. The van der Waals surface area contributed by atoms with Crippen molar-refractivity contribution in [2.24, 2.45) is 0 Å². The lowest BCUT2D eigenvalue weighted by atomic mass is 10.1. The standard InChI is InChI=1S/C16H14ClN2O3S/c1-11-4-6-12(7-5-11)23(21,22)18-15-9-8-14(17)13-3-2-10-19(20)16(13)15/h2-9,18H,10H2,1H3/q-1. The van der Waals surface area contributed by atoms with Gasteiger partial charge in [-0.15, -0.1) is 0 Å². The molecule has 0 bridgehead atoms. The van der Waals surface area contributed by atoms with Crippen LogP contribution < -0.4 is 9.79 Å². The van der Waals surface area contributed by atoms with Gasteiger partial charge in [-0.25, -0.2) is 8.42 Å². The minimum absolute atomic E-state index is 0.135. The monoisotopic (exact) mass is 349 g/mol. The summed E-state index contributed by atoms with van der Waals surface area (Å²) in [6.45, 7) is 2.02. The fourth-order valence-electron chi connectivity index (χ4n) is 2.37. The van der Waals surface area contributed by atoms with E-state index in [1.807, 2.05) is 6.92 Å². The van der Waals surface area contributed by atoms with Gasteiger partial charge in [-0.05, 0) is 31.2 Å². The maximum atomic E-state index is 12.5. The van der Waals surface area contributed by atoms with Gasteiger partial charge in [-0.1, -0.05) is 41.4 Å². The lowest BCUT2D eigenvalue weighted by molar-refractivity contribution is 0.601. The molecule has 0 saturated carbocycles. The van der Waals surface area contributed by atoms with Crippen LogP contribution in [0.2, 0.25) is 5.02 Å². The van der Waals surface area contributed by atoms with E-state index in [-0.39, 0.29) is 22.8 Å². The number of halogens is 1. The van der Waals surface area contributed by atoms with Crippen LogP contribution >= 0.6 is 11.6 Å². The normalized spacial score (nSPS) is 13.8. The molecular formula is C16H14ClN2O3S-. The zero-order chi connectivity index (χ0) is 16.6. The van der Waals surface area contributed by atoms with E-state index in [4.69, 9.17) is 11.6 Å². The van der Waals surface area contributed by atoms with Gasteiger partial charge in [0.1, 0.15) is 0 Å². The molecule has 0 radical (unpaired) electrons. The molecule has 1 aliphatic rings. The van der Waals surface area contributed by atoms with Crippen LogP contribution in [0, 0.1) is 12.1 Å². The number of fused-ring (bicyclic) bond motifs is 1. The highest BCUT2D eigenvalue weighted by atomic mass is 35.5. The van der Waals surface area contributed by atoms with E-state index in [2.05, 4.69) is 4.72 Å². The molecule has 120 valence electrons. The molecule has 7 heteroatoms. The third-order valence-electron chi connectivity index (χ3n) is 3.54. The van der Waals surface area contributed by atoms with Crippen LogP contribution in [0.4, 0.5) is 11.4 Å². The van der Waals surface area contributed by atoms with Gasteiger partial charge in [0.15, 0.2) is 0 Å². The molecule has 1 aliphatic heterocycles. The van der Waals surface area contributed by atoms with Crippen LogP contribution in [0.25, 0.3) is 6.08 Å². The maximum Gasteiger partial charge on any atom is 0.261 e. The zero-order valence-electron chi connectivity index (χ0n) is 12.3. The van der Waals surface area contributed by atoms with Crippen molar-refractivity contribution in [2.45, 2.75) is 11.8 Å². The SMILES string of the molecule is Cc1ccc(S(=O)(=O)Nc2ccc(Cl)c3c2N([O-])CC=C3)cc1. The van der Waals surface area contributed by atoms with Crippen molar-refractivity contribution in [2.75, 3.05) is 16.3 Å². The summed E-state index contributed by atoms with van der Waals surface area (Å²) >= 11 is 6.09. The second-order valence-electron chi connectivity index (χ2n) is 5.24. The Morgan fingerprint density at radius 2 is 1.87 bits per heavy atom. The third kappa shape index (κ3) is 3.06. The molecule has 0 aromatic heterocycles. The Kier molecular flexibility index (Phi) is 4.06. The Bertz CT molecular complexity index is 877. The van der Waals surface area contributed by atoms with E-state index >= 15 is 0 Å². The maximum absolute atomic E-state index is 12.5. The third-order valence-corrected chi connectivity index (χ3v) is 5.26. The molecule has 3 rings (SSSR count). The van der Waals surface area contributed by atoms with Crippen molar-refractivity contribution in [3.05, 3.63) is 63.8 Å². The highest BCUT2D eigenvalue weighted by molar-refractivity contribution is 7.92. The smallest absolute Gasteiger partial charge is 0.261 e. The number of nitrogens with zero attached hydrogens (tertiary/aromatic N) is 1. The quantitative estimate of drug-likeness (QED) is 0.915. The van der Waals surface area contributed by atoms with E-state index in [9.17, 15) is 13.6 Å². The van der Waals surface area contributed by atoms with E-state index in [0.717, 1.165) is 5.56 Å². The summed E-state index contributed by atoms with van der Waals surface area (Å²) in [4.78, 5) is 0.135. The summed E-state index contributed by atoms with van der Waals surface area (Å²) in [5.74, 6) is 0. The molecule has 0 fully saturated rings. The first kappa shape index (κ1) is 15.9. The van der Waals surface area contributed by atoms with Crippen molar-refractivity contribution >= 4 is 39.1 Å². The van der Waals surface area contributed by atoms with Crippen molar-refractivity contribution in [3.63, 3.8) is 0 Å². The van der Waals surface area contributed by atoms with Crippen LogP contribution in [0.1, 0.15) is 11.1 Å². The molecular weight excluding hydrogens is 336 g/mol. The molecule has 5 nitrogen and oxygen atoms in total. The molecule has 0 aliphatic carbocycles. The summed E-state index contributed by atoms with van der Waals surface area (Å²) in [6.07, 6.45) is 3.40. The van der Waals surface area contributed by atoms with Gasteiger partial charge in [0.2, 0.25) is 0 Å². The van der Waals surface area contributed by atoms with Crippen molar-refractivity contribution in [1.82, 2.24) is 0 Å². The first-order chi connectivity index (χ1) is 10.9. The second-order valence-corrected chi connectivity index (χ2v) is 7.33. The van der Waals surface area contributed by atoms with E-state index in [1.54, 1.807) is 30.4 Å². The predicted octanol–water partition coefficient (Wildman–Crippen LogP) is 3.78. The summed E-state index contributed by atoms with van der Waals surface area (Å²) in [7, 11) is -3.78. The number of benzene rings is 2. The number of nitrogens with one attached hydrogen (secondary N) is 1. The summed E-state index contributed by atoms with van der Waals surface area (Å²) in [6, 6.07) is 9.54. The lowest BCUT2D eigenvalue weighted by Crippen LogP contribution is -2.22. The summed E-state index contributed by atoms with van der Waals surface area (Å²) in [5, 5.41) is 13.2. The van der Waals surface area contributed by atoms with Crippen molar-refractivity contribution in [3.8, 4) is 0 Å². The Labute approximate surface area is 139 Å². The fourth-order valence-corrected chi connectivity index (χ4v) is 3.65. The van der Waals surface area contributed by atoms with Crippen LogP contribution in [0.5, 0.6) is 0 Å². The van der Waals surface area contributed by atoms with Crippen LogP contribution in [-0.4, -0.2) is 15.0 Å². The van der Waals surface area contributed by atoms with Gasteiger partial charge < -0.3 is 10.3 Å². The molecule has 0 spiro atoms. The molecule has 0 unspecified atom stereocenters. The van der Waals surface area contributed by atoms with E-state index in [1.165, 1.54) is 18.2 Å². The second kappa shape index (κ2) is 5.88. The van der Waals surface area contributed by atoms with Gasteiger partial charge >= 0.3 is 0 Å². The largest absolute Gasteiger partial charge is 0.758 e. The highest BCUT2D eigenvalue weighted by Crippen LogP contribution is 2.38. The minimum atomic E-state index is -3.78. The number of rotatable bonds is 3. The molecule has 1 N–H and O–H groups in total. The van der Waals surface area contributed by atoms with Gasteiger partial charge in [-0.3, -0.25) is 4.72 Å². The Hall–Kier alpha value is -2.02. The Morgan fingerprint density at radius 3 is 2.57 bits per heavy atom. The van der Waals surface area contributed by atoms with Crippen LogP contribution in [-0.2, 0) is 10.0 Å². The number of hydrogen-bond acceptors (Lipinski definition) is 4. The van der Waals surface area contributed by atoms with Crippen LogP contribution in [0.15, 0.2) is 47.4 Å². The number of hydrogen-bond donors (Lipinski definition) is 1. The van der Waals surface area contributed by atoms with Gasteiger partial charge in [0, 0.05) is 17.1 Å². The molecule has 1 heterocycles. The molecule has 2 aromatic rings. The topological polar surface area (TPSA) is 72.5 Å². The number of aryl methyl sites for hydroxylation is 1. The number of anilines is 2. The fraction of sp³-hybridized carbons (Fsp3) is 0.125. The minimum Gasteiger partial charge on any atom is -0.758 e. The van der Waals surface area contributed by atoms with Gasteiger partial charge in [-0.2, -0.15) is 0 Å². The predicted molar refractivity (Wildman–Crippen MR) is 93.2 cm³/mol. The first-order valence-corrected chi connectivity index (χ1v) is 8.78. The van der Waals surface area contributed by atoms with Crippen molar-refractivity contribution < 1.29 is 8.42 Å². The molecule has 0 saturated heterocycles. The van der Waals surface area contributed by atoms with Crippen molar-refractivity contribution in [1.29, 1.82) is 0 Å². The van der Waals surface area contributed by atoms with E-state index in [0.29, 0.717) is 15.6 Å². The average molecular weight is 350 g/mol. The lowest BCUT2D eigenvalue weighted by Gasteiger charge is -2.35. The number of sulfonamides is 1. The zero-order valence-corrected chi connectivity index (χ0v) is 13.9. The van der Waals surface area contributed by atoms with Gasteiger partial charge in [0.25, 0.3) is 10.0 Å². The highest BCUT2D eigenvalue weighted by Gasteiger charge is 2.20. The Balaban J connectivity index is 2.04. The summed E-state index contributed by atoms with van der Waals surface area (Å²) < 4.78 is 27.5.